The summed E-state index contributed by atoms with van der Waals surface area (Å²) in [6.07, 6.45) is 1.63. The minimum Gasteiger partial charge on any atom is -0.427 e. The number of rotatable bonds is 12. The molecule has 1 aliphatic rings. The van der Waals surface area contributed by atoms with Crippen molar-refractivity contribution in [3.63, 3.8) is 0 Å². The van der Waals surface area contributed by atoms with Gasteiger partial charge in [-0.15, -0.1) is 5.06 Å². The summed E-state index contributed by atoms with van der Waals surface area (Å²) in [5.41, 5.74) is 3.54. The van der Waals surface area contributed by atoms with Crippen molar-refractivity contribution >= 4 is 16.9 Å². The standard InChI is InChI=1S/C36H42N2O6/c1-36(2,3)43-35(39)44-38-18-17-32(34(23-38)42-26-28-13-15-30-11-7-8-12-31(30)21-28)33-16-14-29(22-37-33)25-41-20-19-40-24-27-9-5-4-6-10-27/h4-16,21-22,32,34H,17-20,23-26H2,1-3H3. The fraction of sp³-hybridized carbons (Fsp3) is 0.389. The number of hydrogen-bond donors (Lipinski definition) is 0. The van der Waals surface area contributed by atoms with Gasteiger partial charge in [-0.1, -0.05) is 72.8 Å². The summed E-state index contributed by atoms with van der Waals surface area (Å²) in [5.74, 6) is 0.0373. The number of aromatic nitrogens is 1. The van der Waals surface area contributed by atoms with Gasteiger partial charge < -0.3 is 23.8 Å². The number of nitrogens with zero attached hydrogens (tertiary/aromatic N) is 2. The molecule has 44 heavy (non-hydrogen) atoms. The molecule has 4 aromatic rings. The molecule has 0 aliphatic carbocycles. The molecular weight excluding hydrogens is 556 g/mol. The van der Waals surface area contributed by atoms with Crippen LogP contribution in [0.4, 0.5) is 4.79 Å². The normalized spacial score (nSPS) is 17.4. The summed E-state index contributed by atoms with van der Waals surface area (Å²) in [5, 5.41) is 4.00. The summed E-state index contributed by atoms with van der Waals surface area (Å²) in [6.45, 7) is 8.92. The maximum Gasteiger partial charge on any atom is 0.528 e. The summed E-state index contributed by atoms with van der Waals surface area (Å²) in [6, 6.07) is 28.8. The average Bonchev–Trinajstić information content (AvgIpc) is 3.01. The minimum absolute atomic E-state index is 0.0373. The van der Waals surface area contributed by atoms with E-state index in [4.69, 9.17) is 28.8 Å². The molecule has 0 saturated carbocycles. The van der Waals surface area contributed by atoms with Gasteiger partial charge >= 0.3 is 6.16 Å². The van der Waals surface area contributed by atoms with Crippen LogP contribution in [0.3, 0.4) is 0 Å². The highest BCUT2D eigenvalue weighted by Crippen LogP contribution is 2.31. The zero-order chi connectivity index (χ0) is 30.8. The number of piperidine rings is 1. The molecule has 0 spiro atoms. The van der Waals surface area contributed by atoms with Gasteiger partial charge in [0.1, 0.15) is 5.60 Å². The molecule has 8 nitrogen and oxygen atoms in total. The molecule has 1 aliphatic heterocycles. The zero-order valence-electron chi connectivity index (χ0n) is 25.8. The molecular formula is C36H42N2O6. The number of carbonyl (C=O) groups is 1. The van der Waals surface area contributed by atoms with Crippen molar-refractivity contribution in [3.05, 3.63) is 114 Å². The van der Waals surface area contributed by atoms with Gasteiger partial charge in [0, 0.05) is 24.4 Å². The van der Waals surface area contributed by atoms with Gasteiger partial charge in [-0.2, -0.15) is 0 Å². The Morgan fingerprint density at radius 1 is 0.818 bits per heavy atom. The van der Waals surface area contributed by atoms with E-state index in [1.807, 2.05) is 75.5 Å². The summed E-state index contributed by atoms with van der Waals surface area (Å²) in [4.78, 5) is 22.7. The summed E-state index contributed by atoms with van der Waals surface area (Å²) < 4.78 is 23.4. The van der Waals surface area contributed by atoms with Gasteiger partial charge in [-0.3, -0.25) is 4.98 Å². The fourth-order valence-corrected chi connectivity index (χ4v) is 5.20. The molecule has 8 heteroatoms. The monoisotopic (exact) mass is 598 g/mol. The van der Waals surface area contributed by atoms with E-state index in [9.17, 15) is 4.79 Å². The summed E-state index contributed by atoms with van der Waals surface area (Å²) in [7, 11) is 0. The van der Waals surface area contributed by atoms with Crippen LogP contribution in [0.5, 0.6) is 0 Å². The molecule has 1 aromatic heterocycles. The van der Waals surface area contributed by atoms with Crippen LogP contribution in [0.15, 0.2) is 91.1 Å². The third-order valence-corrected chi connectivity index (χ3v) is 7.37. The molecule has 1 fully saturated rings. The lowest BCUT2D eigenvalue weighted by Gasteiger charge is -2.37. The smallest absolute Gasteiger partial charge is 0.427 e. The van der Waals surface area contributed by atoms with Crippen molar-refractivity contribution < 1.29 is 28.6 Å². The molecule has 5 rings (SSSR count). The van der Waals surface area contributed by atoms with Crippen LogP contribution in [0, 0.1) is 0 Å². The SMILES string of the molecule is CC(C)(C)OC(=O)ON1CCC(c2ccc(COCCOCc3ccccc3)cn2)C(OCc2ccc3ccccc3c2)C1. The van der Waals surface area contributed by atoms with Gasteiger partial charge in [0.2, 0.25) is 0 Å². The van der Waals surface area contributed by atoms with E-state index in [0.29, 0.717) is 52.5 Å². The predicted octanol–water partition coefficient (Wildman–Crippen LogP) is 7.21. The van der Waals surface area contributed by atoms with Crippen LogP contribution in [0.2, 0.25) is 0 Å². The average molecular weight is 599 g/mol. The van der Waals surface area contributed by atoms with Crippen molar-refractivity contribution in [2.24, 2.45) is 0 Å². The van der Waals surface area contributed by atoms with Gasteiger partial charge in [0.15, 0.2) is 0 Å². The van der Waals surface area contributed by atoms with Crippen LogP contribution in [-0.2, 0) is 43.6 Å². The number of ether oxygens (including phenoxy) is 4. The van der Waals surface area contributed by atoms with E-state index >= 15 is 0 Å². The van der Waals surface area contributed by atoms with Crippen molar-refractivity contribution in [1.82, 2.24) is 10.0 Å². The Hall–Kier alpha value is -3.82. The van der Waals surface area contributed by atoms with E-state index in [1.165, 1.54) is 10.8 Å². The maximum atomic E-state index is 12.4. The molecule has 2 atom stereocenters. The second-order valence-corrected chi connectivity index (χ2v) is 12.1. The van der Waals surface area contributed by atoms with E-state index in [2.05, 4.69) is 36.4 Å². The highest BCUT2D eigenvalue weighted by atomic mass is 16.8. The molecule has 232 valence electrons. The number of benzene rings is 3. The first kappa shape index (κ1) is 31.6. The second-order valence-electron chi connectivity index (χ2n) is 12.1. The zero-order valence-corrected chi connectivity index (χ0v) is 25.8. The molecule has 0 bridgehead atoms. The Balaban J connectivity index is 1.17. The Kier molecular flexibility index (Phi) is 11.0. The number of pyridine rings is 1. The van der Waals surface area contributed by atoms with Crippen LogP contribution in [0.25, 0.3) is 10.8 Å². The number of carbonyl (C=O) groups excluding carboxylic acids is 1. The van der Waals surface area contributed by atoms with Crippen LogP contribution >= 0.6 is 0 Å². The van der Waals surface area contributed by atoms with Crippen molar-refractivity contribution in [1.29, 1.82) is 0 Å². The maximum absolute atomic E-state index is 12.4. The van der Waals surface area contributed by atoms with Gasteiger partial charge in [-0.25, -0.2) is 4.79 Å². The second kappa shape index (κ2) is 15.3. The first-order chi connectivity index (χ1) is 21.3. The highest BCUT2D eigenvalue weighted by molar-refractivity contribution is 5.82. The van der Waals surface area contributed by atoms with Crippen LogP contribution in [0.1, 0.15) is 55.5 Å². The quantitative estimate of drug-likeness (QED) is 0.125. The third-order valence-electron chi connectivity index (χ3n) is 7.37. The lowest BCUT2D eigenvalue weighted by Crippen LogP contribution is -2.45. The Labute approximate surface area is 259 Å². The molecule has 3 aromatic carbocycles. The first-order valence-electron chi connectivity index (χ1n) is 15.2. The molecule has 0 amide bonds. The van der Waals surface area contributed by atoms with E-state index < -0.39 is 11.8 Å². The number of hydrogen-bond acceptors (Lipinski definition) is 8. The Morgan fingerprint density at radius 2 is 1.52 bits per heavy atom. The topological polar surface area (TPSA) is 79.4 Å². The number of fused-ring (bicyclic) bond motifs is 1. The van der Waals surface area contributed by atoms with Crippen molar-refractivity contribution in [3.8, 4) is 0 Å². The summed E-state index contributed by atoms with van der Waals surface area (Å²) >= 11 is 0. The number of hydroxylamine groups is 2. The van der Waals surface area contributed by atoms with Crippen molar-refractivity contribution in [2.45, 2.75) is 64.6 Å². The molecule has 2 unspecified atom stereocenters. The van der Waals surface area contributed by atoms with E-state index in [-0.39, 0.29) is 12.0 Å². The fourth-order valence-electron chi connectivity index (χ4n) is 5.20. The lowest BCUT2D eigenvalue weighted by molar-refractivity contribution is -0.179. The molecule has 1 saturated heterocycles. The van der Waals surface area contributed by atoms with Gasteiger partial charge in [-0.05, 0) is 66.8 Å². The van der Waals surface area contributed by atoms with Gasteiger partial charge in [0.05, 0.1) is 45.7 Å². The molecule has 0 radical (unpaired) electrons. The van der Waals surface area contributed by atoms with Crippen LogP contribution in [-0.4, -0.2) is 54.2 Å². The van der Waals surface area contributed by atoms with E-state index in [0.717, 1.165) is 22.4 Å². The molecule has 0 N–H and O–H groups in total. The lowest BCUT2D eigenvalue weighted by atomic mass is 9.90. The highest BCUT2D eigenvalue weighted by Gasteiger charge is 2.34. The Morgan fingerprint density at radius 3 is 2.25 bits per heavy atom. The van der Waals surface area contributed by atoms with Crippen molar-refractivity contribution in [2.75, 3.05) is 26.3 Å². The van der Waals surface area contributed by atoms with Gasteiger partial charge in [0.25, 0.3) is 0 Å². The van der Waals surface area contributed by atoms with Crippen LogP contribution < -0.4 is 0 Å². The third kappa shape index (κ3) is 9.59. The predicted molar refractivity (Wildman–Crippen MR) is 169 cm³/mol. The first-order valence-corrected chi connectivity index (χ1v) is 15.2. The minimum atomic E-state index is -0.711. The van der Waals surface area contributed by atoms with E-state index in [1.54, 1.807) is 5.06 Å². The molecule has 2 heterocycles. The Bertz CT molecular complexity index is 1470. The largest absolute Gasteiger partial charge is 0.528 e.